The summed E-state index contributed by atoms with van der Waals surface area (Å²) in [6.07, 6.45) is 1.08. The molecule has 0 heterocycles. The molecule has 0 radical (unpaired) electrons. The Labute approximate surface area is 108 Å². The van der Waals surface area contributed by atoms with Gasteiger partial charge in [-0.15, -0.1) is 0 Å². The Morgan fingerprint density at radius 2 is 1.94 bits per heavy atom. The molecule has 18 heavy (non-hydrogen) atoms. The Hall–Kier alpha value is -0.920. The van der Waals surface area contributed by atoms with Gasteiger partial charge in [-0.2, -0.15) is 8.42 Å². The van der Waals surface area contributed by atoms with E-state index >= 15 is 0 Å². The molecule has 6 nitrogen and oxygen atoms in total. The van der Waals surface area contributed by atoms with E-state index in [1.54, 1.807) is 6.92 Å². The molecule has 0 bridgehead atoms. The zero-order valence-corrected chi connectivity index (χ0v) is 12.0. The van der Waals surface area contributed by atoms with Gasteiger partial charge in [0.05, 0.1) is 5.25 Å². The number of ether oxygens (including phenoxy) is 1. The summed E-state index contributed by atoms with van der Waals surface area (Å²) in [6, 6.07) is 0. The van der Waals surface area contributed by atoms with Crippen LogP contribution >= 0.6 is 0 Å². The Morgan fingerprint density at radius 3 is 2.22 bits per heavy atom. The van der Waals surface area contributed by atoms with Crippen LogP contribution in [0, 0.1) is 5.41 Å². The predicted octanol–water partition coefficient (Wildman–Crippen LogP) is 1.08. The molecule has 0 aromatic heterocycles. The second kappa shape index (κ2) is 5.38. The van der Waals surface area contributed by atoms with Crippen LogP contribution in [0.15, 0.2) is 12.7 Å². The highest BCUT2D eigenvalue weighted by Crippen LogP contribution is 2.38. The standard InChI is InChI=1S/C11H21NO5S/c1-6-8(18(14,15)16)10(3,4)11(5,12)17-9(13)7-2/h7-8H,2,6,12H2,1,3-5H3,(H,14,15,16). The number of nitrogens with two attached hydrogens (primary N) is 1. The molecule has 0 fully saturated rings. The monoisotopic (exact) mass is 279 g/mol. The van der Waals surface area contributed by atoms with E-state index in [-0.39, 0.29) is 6.42 Å². The summed E-state index contributed by atoms with van der Waals surface area (Å²) < 4.78 is 36.9. The van der Waals surface area contributed by atoms with E-state index in [4.69, 9.17) is 10.5 Å². The third-order valence-electron chi connectivity index (χ3n) is 3.29. The molecule has 0 aromatic rings. The van der Waals surface area contributed by atoms with Crippen LogP contribution in [0.25, 0.3) is 0 Å². The van der Waals surface area contributed by atoms with E-state index in [0.29, 0.717) is 0 Å². The highest BCUT2D eigenvalue weighted by Gasteiger charge is 2.50. The van der Waals surface area contributed by atoms with E-state index < -0.39 is 32.5 Å². The van der Waals surface area contributed by atoms with Crippen LogP contribution in [0.5, 0.6) is 0 Å². The average Bonchev–Trinajstić information content (AvgIpc) is 2.14. The van der Waals surface area contributed by atoms with E-state index in [1.165, 1.54) is 20.8 Å². The normalized spacial score (nSPS) is 17.7. The Bertz CT molecular complexity index is 425. The van der Waals surface area contributed by atoms with Crippen molar-refractivity contribution in [2.24, 2.45) is 11.1 Å². The molecular weight excluding hydrogens is 258 g/mol. The molecule has 0 aliphatic heterocycles. The van der Waals surface area contributed by atoms with Crippen molar-refractivity contribution in [3.63, 3.8) is 0 Å². The molecule has 0 spiro atoms. The Kier molecular flexibility index (Phi) is 5.10. The maximum atomic E-state index is 11.4. The summed E-state index contributed by atoms with van der Waals surface area (Å²) in [5.41, 5.74) is 3.14. The van der Waals surface area contributed by atoms with Gasteiger partial charge in [0.15, 0.2) is 5.72 Å². The fraction of sp³-hybridized carbons (Fsp3) is 0.727. The number of hydrogen-bond acceptors (Lipinski definition) is 5. The average molecular weight is 279 g/mol. The van der Waals surface area contributed by atoms with Crippen molar-refractivity contribution in [2.45, 2.75) is 45.1 Å². The zero-order chi connectivity index (χ0) is 14.8. The van der Waals surface area contributed by atoms with Crippen LogP contribution in [0.1, 0.15) is 34.1 Å². The molecular formula is C11H21NO5S. The van der Waals surface area contributed by atoms with Crippen molar-refractivity contribution >= 4 is 16.1 Å². The molecule has 3 N–H and O–H groups in total. The van der Waals surface area contributed by atoms with Crippen LogP contribution in [-0.4, -0.2) is 29.9 Å². The van der Waals surface area contributed by atoms with Gasteiger partial charge in [-0.3, -0.25) is 10.3 Å². The van der Waals surface area contributed by atoms with E-state index in [0.717, 1.165) is 6.08 Å². The van der Waals surface area contributed by atoms with Crippen molar-refractivity contribution in [1.29, 1.82) is 0 Å². The minimum absolute atomic E-state index is 0.143. The van der Waals surface area contributed by atoms with Crippen molar-refractivity contribution < 1.29 is 22.5 Å². The molecule has 0 saturated heterocycles. The highest BCUT2D eigenvalue weighted by atomic mass is 32.2. The van der Waals surface area contributed by atoms with Crippen LogP contribution in [-0.2, 0) is 19.6 Å². The smallest absolute Gasteiger partial charge is 0.331 e. The molecule has 0 amide bonds. The molecule has 0 aromatic carbocycles. The number of rotatable bonds is 6. The maximum Gasteiger partial charge on any atom is 0.331 e. The van der Waals surface area contributed by atoms with Crippen LogP contribution in [0.2, 0.25) is 0 Å². The Morgan fingerprint density at radius 1 is 1.50 bits per heavy atom. The summed E-state index contributed by atoms with van der Waals surface area (Å²) in [4.78, 5) is 11.2. The fourth-order valence-corrected chi connectivity index (χ4v) is 3.19. The van der Waals surface area contributed by atoms with Gasteiger partial charge in [0.1, 0.15) is 0 Å². The lowest BCUT2D eigenvalue weighted by Crippen LogP contribution is -2.59. The second-order valence-electron chi connectivity index (χ2n) is 4.87. The first-order valence-corrected chi connectivity index (χ1v) is 7.01. The number of hydrogen-bond donors (Lipinski definition) is 2. The highest BCUT2D eigenvalue weighted by molar-refractivity contribution is 7.86. The van der Waals surface area contributed by atoms with Crippen molar-refractivity contribution in [3.05, 3.63) is 12.7 Å². The van der Waals surface area contributed by atoms with Gasteiger partial charge in [0.2, 0.25) is 0 Å². The molecule has 2 unspecified atom stereocenters. The second-order valence-corrected chi connectivity index (χ2v) is 6.46. The molecule has 0 aliphatic carbocycles. The first-order valence-electron chi connectivity index (χ1n) is 5.50. The lowest BCUT2D eigenvalue weighted by Gasteiger charge is -2.43. The lowest BCUT2D eigenvalue weighted by molar-refractivity contribution is -0.164. The third-order valence-corrected chi connectivity index (χ3v) is 4.94. The van der Waals surface area contributed by atoms with E-state index in [2.05, 4.69) is 6.58 Å². The minimum Gasteiger partial charge on any atom is -0.441 e. The van der Waals surface area contributed by atoms with Crippen LogP contribution in [0.4, 0.5) is 0 Å². The van der Waals surface area contributed by atoms with Gasteiger partial charge in [0.25, 0.3) is 10.1 Å². The quantitative estimate of drug-likeness (QED) is 0.326. The molecule has 106 valence electrons. The SMILES string of the molecule is C=CC(=O)OC(C)(N)C(C)(C)C(CC)S(=O)(=O)O. The first kappa shape index (κ1) is 17.1. The third kappa shape index (κ3) is 3.54. The summed E-state index contributed by atoms with van der Waals surface area (Å²) in [5, 5.41) is -1.14. The number of carbonyl (C=O) groups excluding carboxylic acids is 1. The van der Waals surface area contributed by atoms with Crippen LogP contribution in [0.3, 0.4) is 0 Å². The molecule has 0 saturated carbocycles. The summed E-state index contributed by atoms with van der Waals surface area (Å²) >= 11 is 0. The largest absolute Gasteiger partial charge is 0.441 e. The molecule has 7 heteroatoms. The zero-order valence-electron chi connectivity index (χ0n) is 11.1. The topological polar surface area (TPSA) is 107 Å². The number of carbonyl (C=O) groups is 1. The van der Waals surface area contributed by atoms with E-state index in [1.807, 2.05) is 0 Å². The van der Waals surface area contributed by atoms with Crippen LogP contribution < -0.4 is 5.73 Å². The van der Waals surface area contributed by atoms with Gasteiger partial charge in [0, 0.05) is 11.5 Å². The summed E-state index contributed by atoms with van der Waals surface area (Å²) in [7, 11) is -4.30. The Balaban J connectivity index is 5.46. The lowest BCUT2D eigenvalue weighted by atomic mass is 9.78. The fourth-order valence-electron chi connectivity index (χ4n) is 1.80. The minimum atomic E-state index is -4.30. The van der Waals surface area contributed by atoms with Gasteiger partial charge < -0.3 is 4.74 Å². The summed E-state index contributed by atoms with van der Waals surface area (Å²) in [6.45, 7) is 9.28. The molecule has 0 rings (SSSR count). The van der Waals surface area contributed by atoms with Gasteiger partial charge in [-0.1, -0.05) is 27.4 Å². The van der Waals surface area contributed by atoms with Crippen molar-refractivity contribution in [3.8, 4) is 0 Å². The molecule has 2 atom stereocenters. The maximum absolute atomic E-state index is 11.4. The van der Waals surface area contributed by atoms with Crippen molar-refractivity contribution in [2.75, 3.05) is 0 Å². The predicted molar refractivity (Wildman–Crippen MR) is 68.3 cm³/mol. The molecule has 0 aliphatic rings. The first-order chi connectivity index (χ1) is 7.90. The van der Waals surface area contributed by atoms with Gasteiger partial charge in [-0.05, 0) is 13.3 Å². The van der Waals surface area contributed by atoms with Gasteiger partial charge in [-0.25, -0.2) is 4.79 Å². The summed E-state index contributed by atoms with van der Waals surface area (Å²) in [5.74, 6) is -0.752. The van der Waals surface area contributed by atoms with Gasteiger partial charge >= 0.3 is 5.97 Å². The van der Waals surface area contributed by atoms with Crippen molar-refractivity contribution in [1.82, 2.24) is 0 Å². The number of esters is 1. The van der Waals surface area contributed by atoms with E-state index in [9.17, 15) is 17.8 Å².